The first kappa shape index (κ1) is 19.4. The molecule has 0 fully saturated rings. The van der Waals surface area contributed by atoms with Gasteiger partial charge in [-0.3, -0.25) is 9.59 Å². The standard InChI is InChI=1S/C18H17ClN4O3/c1-12-7-14(11-26-2)16(8-20)18(25)23(12)10-17(24)22-21-9-13-3-5-15(19)6-4-13/h3-7,9H,10-11H2,1-2H3,(H,22,24). The van der Waals surface area contributed by atoms with Crippen molar-refractivity contribution in [3.8, 4) is 6.07 Å². The topological polar surface area (TPSA) is 96.5 Å². The van der Waals surface area contributed by atoms with Crippen molar-refractivity contribution in [3.05, 3.63) is 68.1 Å². The fourth-order valence-electron chi connectivity index (χ4n) is 2.33. The van der Waals surface area contributed by atoms with Gasteiger partial charge in [0.2, 0.25) is 0 Å². The predicted molar refractivity (Wildman–Crippen MR) is 98.1 cm³/mol. The van der Waals surface area contributed by atoms with Crippen molar-refractivity contribution in [3.63, 3.8) is 0 Å². The van der Waals surface area contributed by atoms with Crippen molar-refractivity contribution in [1.29, 1.82) is 5.26 Å². The Hall–Kier alpha value is -2.95. The number of aryl methyl sites for hydroxylation is 1. The minimum Gasteiger partial charge on any atom is -0.380 e. The van der Waals surface area contributed by atoms with Gasteiger partial charge in [0.15, 0.2) is 0 Å². The first-order chi connectivity index (χ1) is 12.5. The minimum absolute atomic E-state index is 0.0325. The minimum atomic E-state index is -0.531. The van der Waals surface area contributed by atoms with E-state index < -0.39 is 11.5 Å². The average Bonchev–Trinajstić information content (AvgIpc) is 2.61. The van der Waals surface area contributed by atoms with E-state index in [1.807, 2.05) is 6.07 Å². The van der Waals surface area contributed by atoms with Crippen LogP contribution in [0.4, 0.5) is 0 Å². The van der Waals surface area contributed by atoms with Gasteiger partial charge >= 0.3 is 0 Å². The van der Waals surface area contributed by atoms with Gasteiger partial charge in [0.05, 0.1) is 12.8 Å². The molecular formula is C18H17ClN4O3. The molecule has 7 nitrogen and oxygen atoms in total. The smallest absolute Gasteiger partial charge is 0.269 e. The third-order valence-corrected chi connectivity index (χ3v) is 3.83. The number of amides is 1. The average molecular weight is 373 g/mol. The molecule has 1 heterocycles. The maximum Gasteiger partial charge on any atom is 0.269 e. The first-order valence-corrected chi connectivity index (χ1v) is 8.04. The second-order valence-corrected chi connectivity index (χ2v) is 5.90. The molecule has 1 aromatic heterocycles. The van der Waals surface area contributed by atoms with Crippen molar-refractivity contribution in [2.24, 2.45) is 5.10 Å². The van der Waals surface area contributed by atoms with E-state index in [9.17, 15) is 14.9 Å². The molecule has 0 bridgehead atoms. The van der Waals surface area contributed by atoms with Crippen LogP contribution in [0.15, 0.2) is 40.2 Å². The SMILES string of the molecule is COCc1cc(C)n(CC(=O)NN=Cc2ccc(Cl)cc2)c(=O)c1C#N. The van der Waals surface area contributed by atoms with Crippen molar-refractivity contribution >= 4 is 23.7 Å². The number of hydrogen-bond donors (Lipinski definition) is 1. The molecule has 0 spiro atoms. The fraction of sp³-hybridized carbons (Fsp3) is 0.222. The molecule has 0 atom stereocenters. The number of methoxy groups -OCH3 is 1. The number of hydrogen-bond acceptors (Lipinski definition) is 5. The fourth-order valence-corrected chi connectivity index (χ4v) is 2.45. The number of nitrogens with one attached hydrogen (secondary N) is 1. The molecule has 134 valence electrons. The number of benzene rings is 1. The summed E-state index contributed by atoms with van der Waals surface area (Å²) in [4.78, 5) is 24.5. The van der Waals surface area contributed by atoms with Crippen molar-refractivity contribution < 1.29 is 9.53 Å². The van der Waals surface area contributed by atoms with Crippen LogP contribution in [0.3, 0.4) is 0 Å². The van der Waals surface area contributed by atoms with E-state index in [4.69, 9.17) is 16.3 Å². The molecule has 8 heteroatoms. The summed E-state index contributed by atoms with van der Waals surface area (Å²) >= 11 is 5.79. The Balaban J connectivity index is 2.12. The van der Waals surface area contributed by atoms with Gasteiger partial charge in [0, 0.05) is 23.4 Å². The Bertz CT molecular complexity index is 927. The molecule has 0 saturated carbocycles. The molecule has 0 saturated heterocycles. The van der Waals surface area contributed by atoms with E-state index in [2.05, 4.69) is 10.5 Å². The second-order valence-electron chi connectivity index (χ2n) is 5.47. The van der Waals surface area contributed by atoms with Gasteiger partial charge in [-0.15, -0.1) is 0 Å². The monoisotopic (exact) mass is 372 g/mol. The third kappa shape index (κ3) is 4.79. The number of hydrazone groups is 1. The summed E-state index contributed by atoms with van der Waals surface area (Å²) in [5, 5.41) is 13.7. The van der Waals surface area contributed by atoms with Gasteiger partial charge in [-0.2, -0.15) is 10.4 Å². The highest BCUT2D eigenvalue weighted by Gasteiger charge is 2.14. The number of pyridine rings is 1. The molecule has 1 amide bonds. The number of carbonyl (C=O) groups excluding carboxylic acids is 1. The van der Waals surface area contributed by atoms with E-state index in [-0.39, 0.29) is 18.7 Å². The molecule has 1 N–H and O–H groups in total. The van der Waals surface area contributed by atoms with Gasteiger partial charge in [0.25, 0.3) is 11.5 Å². The van der Waals surface area contributed by atoms with Crippen molar-refractivity contribution in [2.45, 2.75) is 20.1 Å². The molecular weight excluding hydrogens is 356 g/mol. The lowest BCUT2D eigenvalue weighted by molar-refractivity contribution is -0.121. The molecule has 2 rings (SSSR count). The zero-order valence-electron chi connectivity index (χ0n) is 14.3. The summed E-state index contributed by atoms with van der Waals surface area (Å²) in [5.41, 5.74) is 3.60. The van der Waals surface area contributed by atoms with E-state index in [0.29, 0.717) is 16.3 Å². The number of halogens is 1. The maximum absolute atomic E-state index is 12.4. The van der Waals surface area contributed by atoms with Crippen LogP contribution >= 0.6 is 11.6 Å². The van der Waals surface area contributed by atoms with Crippen LogP contribution in [0.1, 0.15) is 22.4 Å². The zero-order chi connectivity index (χ0) is 19.1. The van der Waals surface area contributed by atoms with Crippen LogP contribution in [-0.2, 0) is 22.7 Å². The predicted octanol–water partition coefficient (Wildman–Crippen LogP) is 1.98. The molecule has 0 radical (unpaired) electrons. The molecule has 0 aliphatic heterocycles. The summed E-state index contributed by atoms with van der Waals surface area (Å²) in [6.07, 6.45) is 1.46. The number of carbonyl (C=O) groups is 1. The largest absolute Gasteiger partial charge is 0.380 e. The van der Waals surface area contributed by atoms with Crippen LogP contribution in [0.2, 0.25) is 5.02 Å². The van der Waals surface area contributed by atoms with Gasteiger partial charge in [0.1, 0.15) is 18.2 Å². The van der Waals surface area contributed by atoms with Crippen LogP contribution in [0.5, 0.6) is 0 Å². The highest BCUT2D eigenvalue weighted by molar-refractivity contribution is 6.30. The van der Waals surface area contributed by atoms with E-state index in [0.717, 1.165) is 5.56 Å². The Labute approximate surface area is 155 Å². The Morgan fingerprint density at radius 3 is 2.73 bits per heavy atom. The summed E-state index contributed by atoms with van der Waals surface area (Å²) in [5.74, 6) is -0.483. The quantitative estimate of drug-likeness (QED) is 0.619. The molecule has 0 aliphatic rings. The van der Waals surface area contributed by atoms with Gasteiger partial charge < -0.3 is 9.30 Å². The van der Waals surface area contributed by atoms with Crippen LogP contribution in [0.25, 0.3) is 0 Å². The third-order valence-electron chi connectivity index (χ3n) is 3.58. The Kier molecular flexibility index (Phi) is 6.67. The van der Waals surface area contributed by atoms with Gasteiger partial charge in [-0.05, 0) is 30.7 Å². The number of nitrogens with zero attached hydrogens (tertiary/aromatic N) is 3. The van der Waals surface area contributed by atoms with Crippen LogP contribution in [-0.4, -0.2) is 23.8 Å². The molecule has 1 aromatic carbocycles. The number of nitriles is 1. The van der Waals surface area contributed by atoms with E-state index >= 15 is 0 Å². The zero-order valence-corrected chi connectivity index (χ0v) is 15.1. The summed E-state index contributed by atoms with van der Waals surface area (Å²) < 4.78 is 6.22. The van der Waals surface area contributed by atoms with Crippen LogP contribution < -0.4 is 11.0 Å². The Morgan fingerprint density at radius 1 is 1.42 bits per heavy atom. The lowest BCUT2D eigenvalue weighted by Gasteiger charge is -2.12. The molecule has 0 aliphatic carbocycles. The van der Waals surface area contributed by atoms with Crippen LogP contribution in [0, 0.1) is 18.3 Å². The van der Waals surface area contributed by atoms with Gasteiger partial charge in [-0.1, -0.05) is 23.7 Å². The van der Waals surface area contributed by atoms with Crippen molar-refractivity contribution in [1.82, 2.24) is 9.99 Å². The molecule has 2 aromatic rings. The number of ether oxygens (including phenoxy) is 1. The molecule has 26 heavy (non-hydrogen) atoms. The normalized spacial score (nSPS) is 10.7. The van der Waals surface area contributed by atoms with E-state index in [1.165, 1.54) is 17.9 Å². The summed E-state index contributed by atoms with van der Waals surface area (Å²) in [7, 11) is 1.48. The summed E-state index contributed by atoms with van der Waals surface area (Å²) in [6, 6.07) is 10.4. The van der Waals surface area contributed by atoms with E-state index in [1.54, 1.807) is 37.3 Å². The molecule has 0 unspecified atom stereocenters. The number of aromatic nitrogens is 1. The lowest BCUT2D eigenvalue weighted by atomic mass is 10.1. The maximum atomic E-state index is 12.4. The Morgan fingerprint density at radius 2 is 2.12 bits per heavy atom. The highest BCUT2D eigenvalue weighted by atomic mass is 35.5. The van der Waals surface area contributed by atoms with Gasteiger partial charge in [-0.25, -0.2) is 5.43 Å². The summed E-state index contributed by atoms with van der Waals surface area (Å²) in [6.45, 7) is 1.59. The highest BCUT2D eigenvalue weighted by Crippen LogP contribution is 2.09. The first-order valence-electron chi connectivity index (χ1n) is 7.66. The second kappa shape index (κ2) is 8.94. The van der Waals surface area contributed by atoms with Crippen molar-refractivity contribution in [2.75, 3.05) is 7.11 Å². The lowest BCUT2D eigenvalue weighted by Crippen LogP contribution is -2.33. The number of rotatable bonds is 6.